The maximum Gasteiger partial charge on any atom is 0.254 e. The van der Waals surface area contributed by atoms with Crippen LogP contribution in [0.1, 0.15) is 18.2 Å². The number of hydrogen-bond acceptors (Lipinski definition) is 6. The molecule has 0 amide bonds. The lowest BCUT2D eigenvalue weighted by Gasteiger charge is -2.16. The van der Waals surface area contributed by atoms with Gasteiger partial charge in [-0.2, -0.15) is 14.6 Å². The molecule has 1 atom stereocenters. The number of anilines is 1. The number of hydrogen-bond donors (Lipinski definition) is 1. The summed E-state index contributed by atoms with van der Waals surface area (Å²) in [6, 6.07) is 8.02. The van der Waals surface area contributed by atoms with Crippen LogP contribution in [0.4, 0.5) is 5.82 Å². The summed E-state index contributed by atoms with van der Waals surface area (Å²) in [6.07, 6.45) is 2.44. The predicted octanol–water partition coefficient (Wildman–Crippen LogP) is 2.74. The van der Waals surface area contributed by atoms with Gasteiger partial charge in [0.25, 0.3) is 5.78 Å². The molecule has 7 heteroatoms. The Kier molecular flexibility index (Phi) is 5.02. The highest BCUT2D eigenvalue weighted by Gasteiger charge is 2.10. The van der Waals surface area contributed by atoms with Gasteiger partial charge in [0.1, 0.15) is 12.1 Å². The molecular formula is C18H23N5O2. The molecule has 0 spiro atoms. The van der Waals surface area contributed by atoms with Crippen LogP contribution in [0.15, 0.2) is 30.6 Å². The highest BCUT2D eigenvalue weighted by atomic mass is 16.5. The van der Waals surface area contributed by atoms with Gasteiger partial charge in [0.2, 0.25) is 0 Å². The second-order valence-electron chi connectivity index (χ2n) is 6.13. The number of fused-ring (bicyclic) bond motifs is 1. The normalized spacial score (nSPS) is 12.2. The van der Waals surface area contributed by atoms with Crippen LogP contribution in [0.3, 0.4) is 0 Å². The first-order valence-electron chi connectivity index (χ1n) is 8.23. The van der Waals surface area contributed by atoms with Crippen LogP contribution in [0.25, 0.3) is 5.78 Å². The van der Waals surface area contributed by atoms with Gasteiger partial charge in [-0.15, -0.1) is 0 Å². The molecule has 0 saturated heterocycles. The fraction of sp³-hybridized carbons (Fsp3) is 0.389. The van der Waals surface area contributed by atoms with Crippen molar-refractivity contribution < 1.29 is 9.47 Å². The molecule has 0 aliphatic carbocycles. The average Bonchev–Trinajstić information content (AvgIpc) is 3.07. The van der Waals surface area contributed by atoms with Gasteiger partial charge in [0, 0.05) is 18.3 Å². The van der Waals surface area contributed by atoms with Gasteiger partial charge in [-0.25, -0.2) is 4.98 Å². The minimum Gasteiger partial charge on any atom is -0.493 e. The van der Waals surface area contributed by atoms with Crippen LogP contribution >= 0.6 is 0 Å². The molecule has 0 saturated carbocycles. The van der Waals surface area contributed by atoms with Gasteiger partial charge in [-0.1, -0.05) is 13.0 Å². The first kappa shape index (κ1) is 17.0. The Morgan fingerprint density at radius 3 is 2.72 bits per heavy atom. The van der Waals surface area contributed by atoms with Gasteiger partial charge in [0.15, 0.2) is 11.5 Å². The zero-order valence-corrected chi connectivity index (χ0v) is 15.0. The number of nitrogens with one attached hydrogen (secondary N) is 1. The molecule has 0 fully saturated rings. The van der Waals surface area contributed by atoms with Gasteiger partial charge in [-0.05, 0) is 37.0 Å². The molecule has 0 aliphatic rings. The zero-order chi connectivity index (χ0) is 17.8. The largest absolute Gasteiger partial charge is 0.493 e. The molecule has 7 nitrogen and oxygen atoms in total. The van der Waals surface area contributed by atoms with E-state index in [1.54, 1.807) is 18.7 Å². The Labute approximate surface area is 147 Å². The Balaban J connectivity index is 1.66. The van der Waals surface area contributed by atoms with Crippen molar-refractivity contribution in [3.05, 3.63) is 41.9 Å². The Bertz CT molecular complexity index is 862. The van der Waals surface area contributed by atoms with Crippen LogP contribution in [0.2, 0.25) is 0 Å². The summed E-state index contributed by atoms with van der Waals surface area (Å²) in [5, 5.41) is 7.66. The van der Waals surface area contributed by atoms with E-state index in [0.717, 1.165) is 36.0 Å². The molecular weight excluding hydrogens is 318 g/mol. The topological polar surface area (TPSA) is 73.6 Å². The van der Waals surface area contributed by atoms with Crippen LogP contribution < -0.4 is 14.8 Å². The molecule has 2 heterocycles. The maximum absolute atomic E-state index is 5.37. The van der Waals surface area contributed by atoms with E-state index < -0.39 is 0 Å². The molecule has 1 N–H and O–H groups in total. The molecule has 0 aliphatic heterocycles. The average molecular weight is 341 g/mol. The lowest BCUT2D eigenvalue weighted by atomic mass is 10.0. The van der Waals surface area contributed by atoms with Gasteiger partial charge in [-0.3, -0.25) is 0 Å². The molecule has 132 valence electrons. The third-order valence-electron chi connectivity index (χ3n) is 4.04. The second kappa shape index (κ2) is 7.38. The number of aryl methyl sites for hydroxylation is 1. The van der Waals surface area contributed by atoms with Crippen LogP contribution in [0, 0.1) is 12.8 Å². The zero-order valence-electron chi connectivity index (χ0n) is 15.0. The molecule has 1 unspecified atom stereocenters. The van der Waals surface area contributed by atoms with E-state index in [4.69, 9.17) is 9.47 Å². The van der Waals surface area contributed by atoms with E-state index in [9.17, 15) is 0 Å². The molecule has 1 aromatic carbocycles. The molecule has 3 rings (SSSR count). The van der Waals surface area contributed by atoms with Crippen molar-refractivity contribution in [1.82, 2.24) is 19.6 Å². The third kappa shape index (κ3) is 3.81. The minimum atomic E-state index is 0.421. The predicted molar refractivity (Wildman–Crippen MR) is 96.4 cm³/mol. The summed E-state index contributed by atoms with van der Waals surface area (Å²) >= 11 is 0. The molecule has 3 aromatic rings. The van der Waals surface area contributed by atoms with Gasteiger partial charge < -0.3 is 14.8 Å². The van der Waals surface area contributed by atoms with Crippen molar-refractivity contribution in [3.8, 4) is 11.5 Å². The lowest BCUT2D eigenvalue weighted by Crippen LogP contribution is -2.16. The summed E-state index contributed by atoms with van der Waals surface area (Å²) in [6.45, 7) is 4.97. The number of aromatic nitrogens is 4. The number of nitrogens with zero attached hydrogens (tertiary/aromatic N) is 4. The van der Waals surface area contributed by atoms with E-state index >= 15 is 0 Å². The van der Waals surface area contributed by atoms with Gasteiger partial charge >= 0.3 is 0 Å². The highest BCUT2D eigenvalue weighted by Crippen LogP contribution is 2.28. The summed E-state index contributed by atoms with van der Waals surface area (Å²) in [5.74, 6) is 3.44. The standard InChI is InChI=1S/C18H23N5O2/c1-12(7-14-5-6-15(24-3)16(9-14)25-4)10-19-17-8-13(2)22-18-20-11-21-23(17)18/h5-6,8-9,11-12,19H,7,10H2,1-4H3. The fourth-order valence-electron chi connectivity index (χ4n) is 2.82. The molecule has 2 aromatic heterocycles. The summed E-state index contributed by atoms with van der Waals surface area (Å²) < 4.78 is 12.4. The van der Waals surface area contributed by atoms with Crippen LogP contribution in [0.5, 0.6) is 11.5 Å². The number of benzene rings is 1. The highest BCUT2D eigenvalue weighted by molar-refractivity contribution is 5.45. The van der Waals surface area contributed by atoms with E-state index in [0.29, 0.717) is 11.7 Å². The maximum atomic E-state index is 5.37. The molecule has 0 radical (unpaired) electrons. The van der Waals surface area contributed by atoms with E-state index in [2.05, 4.69) is 33.4 Å². The number of ether oxygens (including phenoxy) is 2. The first-order valence-corrected chi connectivity index (χ1v) is 8.23. The van der Waals surface area contributed by atoms with Crippen LogP contribution in [-0.2, 0) is 6.42 Å². The lowest BCUT2D eigenvalue weighted by molar-refractivity contribution is 0.354. The van der Waals surface area contributed by atoms with Crippen molar-refractivity contribution in [1.29, 1.82) is 0 Å². The SMILES string of the molecule is COc1ccc(CC(C)CNc2cc(C)nc3ncnn23)cc1OC. The summed E-state index contributed by atoms with van der Waals surface area (Å²) in [4.78, 5) is 8.50. The number of rotatable bonds is 7. The molecule has 0 bridgehead atoms. The third-order valence-corrected chi connectivity index (χ3v) is 4.04. The Hall–Kier alpha value is -2.83. The summed E-state index contributed by atoms with van der Waals surface area (Å²) in [5.41, 5.74) is 2.12. The van der Waals surface area contributed by atoms with Crippen molar-refractivity contribution in [2.75, 3.05) is 26.1 Å². The number of methoxy groups -OCH3 is 2. The fourth-order valence-corrected chi connectivity index (χ4v) is 2.82. The Morgan fingerprint density at radius 1 is 1.16 bits per heavy atom. The van der Waals surface area contributed by atoms with Crippen molar-refractivity contribution in [3.63, 3.8) is 0 Å². The smallest absolute Gasteiger partial charge is 0.254 e. The van der Waals surface area contributed by atoms with Crippen LogP contribution in [-0.4, -0.2) is 40.3 Å². The molecule has 25 heavy (non-hydrogen) atoms. The minimum absolute atomic E-state index is 0.421. The van der Waals surface area contributed by atoms with Crippen molar-refractivity contribution in [2.24, 2.45) is 5.92 Å². The van der Waals surface area contributed by atoms with E-state index in [1.165, 1.54) is 11.9 Å². The first-order chi connectivity index (χ1) is 12.1. The van der Waals surface area contributed by atoms with Gasteiger partial charge in [0.05, 0.1) is 14.2 Å². The Morgan fingerprint density at radius 2 is 1.96 bits per heavy atom. The summed E-state index contributed by atoms with van der Waals surface area (Å²) in [7, 11) is 3.30. The quantitative estimate of drug-likeness (QED) is 0.712. The second-order valence-corrected chi connectivity index (χ2v) is 6.13. The monoisotopic (exact) mass is 341 g/mol. The van der Waals surface area contributed by atoms with Crippen molar-refractivity contribution in [2.45, 2.75) is 20.3 Å². The van der Waals surface area contributed by atoms with E-state index in [-0.39, 0.29) is 0 Å². The van der Waals surface area contributed by atoms with E-state index in [1.807, 2.05) is 25.1 Å². The van der Waals surface area contributed by atoms with Crippen molar-refractivity contribution >= 4 is 11.6 Å².